The number of aliphatic hydroxyl groups is 1. The first kappa shape index (κ1) is 19.0. The zero-order chi connectivity index (χ0) is 20.4. The van der Waals surface area contributed by atoms with Crippen molar-refractivity contribution in [3.05, 3.63) is 59.4 Å². The third-order valence-electron chi connectivity index (χ3n) is 5.16. The van der Waals surface area contributed by atoms with E-state index < -0.39 is 17.7 Å². The van der Waals surface area contributed by atoms with E-state index in [0.29, 0.717) is 29.3 Å². The molecule has 4 rings (SSSR count). The summed E-state index contributed by atoms with van der Waals surface area (Å²) in [5, 5.41) is 11.0. The molecule has 1 aromatic carbocycles. The number of likely N-dealkylation sites (tertiary alicyclic amines) is 1. The van der Waals surface area contributed by atoms with E-state index in [-0.39, 0.29) is 18.1 Å². The summed E-state index contributed by atoms with van der Waals surface area (Å²) >= 11 is 0. The highest BCUT2D eigenvalue weighted by Gasteiger charge is 2.46. The fraction of sp³-hybridized carbons (Fsp3) is 0.318. The Morgan fingerprint density at radius 1 is 1.17 bits per heavy atom. The lowest BCUT2D eigenvalue weighted by Crippen LogP contribution is -2.31. The highest BCUT2D eigenvalue weighted by molar-refractivity contribution is 6.46. The van der Waals surface area contributed by atoms with Crippen LogP contribution in [0.4, 0.5) is 0 Å². The number of rotatable bonds is 6. The fourth-order valence-electron chi connectivity index (χ4n) is 3.69. The summed E-state index contributed by atoms with van der Waals surface area (Å²) in [5.74, 6) is -0.495. The second-order valence-corrected chi connectivity index (χ2v) is 7.02. The SMILES string of the molecule is CCCCCN1C(=O)C(=O)/C(=C(\O)c2ccc3c(c2)OCO3)C1c1ccccn1. The average Bonchev–Trinajstić information content (AvgIpc) is 3.31. The van der Waals surface area contributed by atoms with Gasteiger partial charge >= 0.3 is 0 Å². The van der Waals surface area contributed by atoms with Crippen molar-refractivity contribution in [3.63, 3.8) is 0 Å². The van der Waals surface area contributed by atoms with Gasteiger partial charge in [0.2, 0.25) is 6.79 Å². The topological polar surface area (TPSA) is 89.0 Å². The van der Waals surface area contributed by atoms with E-state index in [2.05, 4.69) is 11.9 Å². The van der Waals surface area contributed by atoms with Crippen LogP contribution in [0, 0.1) is 0 Å². The Hall–Kier alpha value is -3.35. The van der Waals surface area contributed by atoms with Crippen LogP contribution in [0.25, 0.3) is 5.76 Å². The van der Waals surface area contributed by atoms with E-state index in [1.165, 1.54) is 4.90 Å². The van der Waals surface area contributed by atoms with Crippen LogP contribution in [-0.2, 0) is 9.59 Å². The molecule has 7 nitrogen and oxygen atoms in total. The number of nitrogens with zero attached hydrogens (tertiary/aromatic N) is 2. The highest BCUT2D eigenvalue weighted by Crippen LogP contribution is 2.40. The van der Waals surface area contributed by atoms with Gasteiger partial charge in [0, 0.05) is 18.3 Å². The maximum absolute atomic E-state index is 12.9. The maximum Gasteiger partial charge on any atom is 0.295 e. The number of amides is 1. The molecular formula is C22H22N2O5. The van der Waals surface area contributed by atoms with Gasteiger partial charge in [-0.3, -0.25) is 14.6 Å². The first-order valence-electron chi connectivity index (χ1n) is 9.71. The number of ether oxygens (including phenoxy) is 2. The summed E-state index contributed by atoms with van der Waals surface area (Å²) in [4.78, 5) is 31.5. The molecule has 2 aliphatic heterocycles. The van der Waals surface area contributed by atoms with Crippen LogP contribution in [0.5, 0.6) is 11.5 Å². The van der Waals surface area contributed by atoms with Gasteiger partial charge in [-0.25, -0.2) is 0 Å². The van der Waals surface area contributed by atoms with Crippen LogP contribution in [0.1, 0.15) is 43.5 Å². The molecule has 0 bridgehead atoms. The van der Waals surface area contributed by atoms with Crippen LogP contribution >= 0.6 is 0 Å². The molecule has 0 saturated carbocycles. The van der Waals surface area contributed by atoms with Crippen molar-refractivity contribution in [3.8, 4) is 11.5 Å². The molecule has 0 spiro atoms. The number of pyridine rings is 1. The first-order chi connectivity index (χ1) is 14.1. The Balaban J connectivity index is 1.79. The number of carbonyl (C=O) groups is 2. The summed E-state index contributed by atoms with van der Waals surface area (Å²) in [6.07, 6.45) is 4.33. The molecule has 1 amide bonds. The van der Waals surface area contributed by atoms with Crippen LogP contribution in [-0.4, -0.2) is 40.0 Å². The molecule has 29 heavy (non-hydrogen) atoms. The van der Waals surface area contributed by atoms with Gasteiger partial charge in [0.25, 0.3) is 11.7 Å². The number of benzene rings is 1. The van der Waals surface area contributed by atoms with E-state index >= 15 is 0 Å². The summed E-state index contributed by atoms with van der Waals surface area (Å²) in [6, 6.07) is 9.53. The Morgan fingerprint density at radius 2 is 2.00 bits per heavy atom. The number of fused-ring (bicyclic) bond motifs is 1. The van der Waals surface area contributed by atoms with E-state index in [4.69, 9.17) is 9.47 Å². The molecule has 1 saturated heterocycles. The third-order valence-corrected chi connectivity index (χ3v) is 5.16. The molecule has 1 N–H and O–H groups in total. The second-order valence-electron chi connectivity index (χ2n) is 7.02. The minimum Gasteiger partial charge on any atom is -0.507 e. The van der Waals surface area contributed by atoms with Gasteiger partial charge in [-0.1, -0.05) is 25.8 Å². The van der Waals surface area contributed by atoms with Crippen molar-refractivity contribution < 1.29 is 24.2 Å². The molecule has 1 atom stereocenters. The molecule has 0 aliphatic carbocycles. The normalized spacial score (nSPS) is 19.8. The van der Waals surface area contributed by atoms with E-state index in [0.717, 1.165) is 19.3 Å². The number of aliphatic hydroxyl groups excluding tert-OH is 1. The van der Waals surface area contributed by atoms with Gasteiger partial charge in [-0.05, 0) is 36.8 Å². The molecule has 1 aromatic heterocycles. The molecule has 2 aromatic rings. The smallest absolute Gasteiger partial charge is 0.295 e. The second kappa shape index (κ2) is 7.95. The number of hydrogen-bond acceptors (Lipinski definition) is 6. The Morgan fingerprint density at radius 3 is 2.76 bits per heavy atom. The number of carbonyl (C=O) groups excluding carboxylic acids is 2. The minimum atomic E-state index is -0.724. The zero-order valence-electron chi connectivity index (χ0n) is 16.1. The average molecular weight is 394 g/mol. The summed E-state index contributed by atoms with van der Waals surface area (Å²) < 4.78 is 10.7. The zero-order valence-corrected chi connectivity index (χ0v) is 16.1. The molecule has 150 valence electrons. The summed E-state index contributed by atoms with van der Waals surface area (Å²) in [5.41, 5.74) is 0.983. The van der Waals surface area contributed by atoms with Crippen molar-refractivity contribution >= 4 is 17.4 Å². The molecule has 3 heterocycles. The minimum absolute atomic E-state index is 0.0454. The standard InChI is InChI=1S/C22H22N2O5/c1-2-3-6-11-24-19(15-7-4-5-10-23-15)18(21(26)22(24)27)20(25)14-8-9-16-17(12-14)29-13-28-16/h4-5,7-10,12,19,25H,2-3,6,11,13H2,1H3/b20-18-. The molecule has 1 fully saturated rings. The number of hydrogen-bond donors (Lipinski definition) is 1. The lowest BCUT2D eigenvalue weighted by Gasteiger charge is -2.24. The fourth-order valence-corrected chi connectivity index (χ4v) is 3.69. The summed E-state index contributed by atoms with van der Waals surface area (Å²) in [6.45, 7) is 2.61. The predicted molar refractivity (Wildman–Crippen MR) is 105 cm³/mol. The van der Waals surface area contributed by atoms with Gasteiger partial charge in [0.1, 0.15) is 11.8 Å². The Labute approximate surface area is 168 Å². The molecule has 0 radical (unpaired) electrons. The quantitative estimate of drug-likeness (QED) is 0.350. The van der Waals surface area contributed by atoms with Gasteiger partial charge in [-0.2, -0.15) is 0 Å². The molecule has 7 heteroatoms. The maximum atomic E-state index is 12.9. The van der Waals surface area contributed by atoms with Gasteiger partial charge in [0.15, 0.2) is 11.5 Å². The van der Waals surface area contributed by atoms with Crippen LogP contribution < -0.4 is 9.47 Å². The number of aromatic nitrogens is 1. The van der Waals surface area contributed by atoms with Gasteiger partial charge in [-0.15, -0.1) is 0 Å². The lowest BCUT2D eigenvalue weighted by atomic mass is 9.98. The van der Waals surface area contributed by atoms with E-state index in [9.17, 15) is 14.7 Å². The van der Waals surface area contributed by atoms with Crippen molar-refractivity contribution in [2.24, 2.45) is 0 Å². The third kappa shape index (κ3) is 3.44. The Kier molecular flexibility index (Phi) is 5.20. The van der Waals surface area contributed by atoms with Crippen LogP contribution in [0.3, 0.4) is 0 Å². The predicted octanol–water partition coefficient (Wildman–Crippen LogP) is 3.42. The molecule has 2 aliphatic rings. The largest absolute Gasteiger partial charge is 0.507 e. The number of unbranched alkanes of at least 4 members (excludes halogenated alkanes) is 2. The van der Waals surface area contributed by atoms with Crippen molar-refractivity contribution in [1.82, 2.24) is 9.88 Å². The van der Waals surface area contributed by atoms with E-state index in [1.807, 2.05) is 0 Å². The van der Waals surface area contributed by atoms with Crippen molar-refractivity contribution in [2.45, 2.75) is 32.2 Å². The molecular weight excluding hydrogens is 372 g/mol. The van der Waals surface area contributed by atoms with Crippen molar-refractivity contribution in [2.75, 3.05) is 13.3 Å². The number of ketones is 1. The van der Waals surface area contributed by atoms with Crippen LogP contribution in [0.2, 0.25) is 0 Å². The number of Topliss-reactive ketones (excluding diaryl/α,β-unsaturated/α-hetero) is 1. The highest BCUT2D eigenvalue weighted by atomic mass is 16.7. The molecule has 1 unspecified atom stereocenters. The van der Waals surface area contributed by atoms with Crippen molar-refractivity contribution in [1.29, 1.82) is 0 Å². The summed E-state index contributed by atoms with van der Waals surface area (Å²) in [7, 11) is 0. The van der Waals surface area contributed by atoms with E-state index in [1.54, 1.807) is 42.6 Å². The van der Waals surface area contributed by atoms with Gasteiger partial charge < -0.3 is 19.5 Å². The Bertz CT molecular complexity index is 970. The monoisotopic (exact) mass is 394 g/mol. The van der Waals surface area contributed by atoms with Gasteiger partial charge in [0.05, 0.1) is 11.3 Å². The first-order valence-corrected chi connectivity index (χ1v) is 9.71. The lowest BCUT2D eigenvalue weighted by molar-refractivity contribution is -0.140. The van der Waals surface area contributed by atoms with Crippen LogP contribution in [0.15, 0.2) is 48.2 Å².